The van der Waals surface area contributed by atoms with Crippen LogP contribution in [0.2, 0.25) is 0 Å². The quantitative estimate of drug-likeness (QED) is 0.338. The fourth-order valence-corrected chi connectivity index (χ4v) is 2.56. The van der Waals surface area contributed by atoms with E-state index in [1.54, 1.807) is 54.6 Å². The van der Waals surface area contributed by atoms with E-state index in [1.165, 1.54) is 0 Å². The van der Waals surface area contributed by atoms with Crippen LogP contribution in [0.15, 0.2) is 72.8 Å². The molecule has 0 spiro atoms. The molecule has 0 bridgehead atoms. The first kappa shape index (κ1) is 19.0. The summed E-state index contributed by atoms with van der Waals surface area (Å²) in [5, 5.41) is 11.5. The van der Waals surface area contributed by atoms with Crippen molar-refractivity contribution in [2.75, 3.05) is 0 Å². The number of benzene rings is 3. The summed E-state index contributed by atoms with van der Waals surface area (Å²) in [6, 6.07) is 19.4. The van der Waals surface area contributed by atoms with E-state index >= 15 is 0 Å². The molecule has 0 aromatic heterocycles. The molecule has 3 aromatic rings. The van der Waals surface area contributed by atoms with Crippen molar-refractivity contribution in [1.29, 1.82) is 0 Å². The van der Waals surface area contributed by atoms with Gasteiger partial charge in [-0.05, 0) is 17.2 Å². The minimum atomic E-state index is -1.00. The van der Waals surface area contributed by atoms with Crippen molar-refractivity contribution < 1.29 is 23.6 Å². The van der Waals surface area contributed by atoms with Crippen LogP contribution in [0.1, 0.15) is 21.5 Å². The van der Waals surface area contributed by atoms with E-state index in [0.717, 1.165) is 17.7 Å². The van der Waals surface area contributed by atoms with E-state index in [9.17, 15) is 19.3 Å². The summed E-state index contributed by atoms with van der Waals surface area (Å²) in [6.07, 6.45) is 0. The Morgan fingerprint density at radius 3 is 2.07 bits per heavy atom. The molecule has 6 nitrogen and oxygen atoms in total. The van der Waals surface area contributed by atoms with Crippen LogP contribution in [-0.2, 0) is 18.0 Å². The fraction of sp³-hybridized carbons (Fsp3) is 0.0952. The van der Waals surface area contributed by atoms with Crippen molar-refractivity contribution in [3.63, 3.8) is 0 Å². The van der Waals surface area contributed by atoms with Gasteiger partial charge in [0.15, 0.2) is 0 Å². The molecule has 7 heteroatoms. The topological polar surface area (TPSA) is 78.7 Å². The smallest absolute Gasteiger partial charge is 0.345 e. The molecular weight excluding hydrogens is 365 g/mol. The van der Waals surface area contributed by atoms with Gasteiger partial charge in [0, 0.05) is 6.07 Å². The standard InChI is InChI=1S/C21H16FNO5/c22-17-11-18(21(24)28-14-16-9-5-2-6-10-16)20(23(25)26)19(12-17)27-13-15-7-3-1-4-8-15/h1-12H,13-14H2. The van der Waals surface area contributed by atoms with Gasteiger partial charge in [0.05, 0.1) is 4.92 Å². The van der Waals surface area contributed by atoms with Crippen LogP contribution in [0.3, 0.4) is 0 Å². The van der Waals surface area contributed by atoms with Crippen LogP contribution < -0.4 is 4.74 Å². The van der Waals surface area contributed by atoms with Crippen LogP contribution in [-0.4, -0.2) is 10.9 Å². The lowest BCUT2D eigenvalue weighted by atomic mass is 10.1. The minimum absolute atomic E-state index is 0.0103. The van der Waals surface area contributed by atoms with E-state index in [2.05, 4.69) is 0 Å². The van der Waals surface area contributed by atoms with Crippen LogP contribution in [0.4, 0.5) is 10.1 Å². The molecule has 142 valence electrons. The molecule has 0 N–H and O–H groups in total. The highest BCUT2D eigenvalue weighted by Crippen LogP contribution is 2.33. The Bertz CT molecular complexity index is 977. The predicted molar refractivity (Wildman–Crippen MR) is 99.4 cm³/mol. The number of hydrogen-bond donors (Lipinski definition) is 0. The van der Waals surface area contributed by atoms with E-state index < -0.39 is 28.0 Å². The first-order chi connectivity index (χ1) is 13.5. The van der Waals surface area contributed by atoms with Gasteiger partial charge in [0.25, 0.3) is 0 Å². The molecule has 0 amide bonds. The Kier molecular flexibility index (Phi) is 5.96. The van der Waals surface area contributed by atoms with Gasteiger partial charge in [0.2, 0.25) is 5.75 Å². The van der Waals surface area contributed by atoms with Gasteiger partial charge in [-0.2, -0.15) is 0 Å². The Hall–Kier alpha value is -3.74. The zero-order chi connectivity index (χ0) is 19.9. The number of esters is 1. The summed E-state index contributed by atoms with van der Waals surface area (Å²) in [4.78, 5) is 23.1. The minimum Gasteiger partial charge on any atom is -0.482 e. The molecule has 28 heavy (non-hydrogen) atoms. The Morgan fingerprint density at radius 1 is 0.929 bits per heavy atom. The molecule has 0 saturated carbocycles. The SMILES string of the molecule is O=C(OCc1ccccc1)c1cc(F)cc(OCc2ccccc2)c1[N+](=O)[O-]. The normalized spacial score (nSPS) is 10.3. The second-order valence-corrected chi connectivity index (χ2v) is 5.89. The third kappa shape index (κ3) is 4.70. The van der Waals surface area contributed by atoms with Crippen molar-refractivity contribution in [1.82, 2.24) is 0 Å². The van der Waals surface area contributed by atoms with E-state index in [-0.39, 0.29) is 19.0 Å². The molecule has 0 aliphatic carbocycles. The molecule has 0 unspecified atom stereocenters. The third-order valence-corrected chi connectivity index (χ3v) is 3.89. The lowest BCUT2D eigenvalue weighted by Gasteiger charge is -2.10. The van der Waals surface area contributed by atoms with Crippen LogP contribution in [0.25, 0.3) is 0 Å². The number of hydrogen-bond acceptors (Lipinski definition) is 5. The first-order valence-electron chi connectivity index (χ1n) is 8.40. The first-order valence-corrected chi connectivity index (χ1v) is 8.40. The maximum atomic E-state index is 14.0. The average molecular weight is 381 g/mol. The molecular formula is C21H16FNO5. The molecule has 3 aromatic carbocycles. The molecule has 0 fully saturated rings. The third-order valence-electron chi connectivity index (χ3n) is 3.89. The van der Waals surface area contributed by atoms with E-state index in [1.807, 2.05) is 6.07 Å². The van der Waals surface area contributed by atoms with Crippen LogP contribution >= 0.6 is 0 Å². The summed E-state index contributed by atoms with van der Waals surface area (Å²) in [7, 11) is 0. The second-order valence-electron chi connectivity index (χ2n) is 5.89. The predicted octanol–water partition coefficient (Wildman–Crippen LogP) is 4.67. The highest BCUT2D eigenvalue weighted by Gasteiger charge is 2.28. The summed E-state index contributed by atoms with van der Waals surface area (Å²) in [5.41, 5.74) is 0.323. The monoisotopic (exact) mass is 381 g/mol. The average Bonchev–Trinajstić information content (AvgIpc) is 2.71. The Labute approximate surface area is 160 Å². The van der Waals surface area contributed by atoms with Crippen LogP contribution in [0, 0.1) is 15.9 Å². The highest BCUT2D eigenvalue weighted by atomic mass is 19.1. The Morgan fingerprint density at radius 2 is 1.50 bits per heavy atom. The van der Waals surface area contributed by atoms with Gasteiger partial charge in [-0.15, -0.1) is 0 Å². The largest absolute Gasteiger partial charge is 0.482 e. The number of carbonyl (C=O) groups excluding carboxylic acids is 1. The summed E-state index contributed by atoms with van der Waals surface area (Å²) in [6.45, 7) is -0.100. The lowest BCUT2D eigenvalue weighted by molar-refractivity contribution is -0.386. The van der Waals surface area contributed by atoms with E-state index in [4.69, 9.17) is 9.47 Å². The van der Waals surface area contributed by atoms with Gasteiger partial charge in [-0.1, -0.05) is 60.7 Å². The number of nitro groups is 1. The van der Waals surface area contributed by atoms with Crippen molar-refractivity contribution in [3.8, 4) is 5.75 Å². The summed E-state index contributed by atoms with van der Waals surface area (Å²) in [5.74, 6) is -2.17. The molecule has 0 radical (unpaired) electrons. The van der Waals surface area contributed by atoms with Gasteiger partial charge < -0.3 is 9.47 Å². The van der Waals surface area contributed by atoms with Gasteiger partial charge in [-0.25, -0.2) is 9.18 Å². The zero-order valence-corrected chi connectivity index (χ0v) is 14.7. The van der Waals surface area contributed by atoms with Crippen molar-refractivity contribution in [3.05, 3.63) is 105 Å². The summed E-state index contributed by atoms with van der Waals surface area (Å²) >= 11 is 0. The molecule has 0 saturated heterocycles. The number of nitrogens with zero attached hydrogens (tertiary/aromatic N) is 1. The van der Waals surface area contributed by atoms with Crippen molar-refractivity contribution >= 4 is 11.7 Å². The molecule has 3 rings (SSSR count). The van der Waals surface area contributed by atoms with Crippen LogP contribution in [0.5, 0.6) is 5.75 Å². The van der Waals surface area contributed by atoms with Crippen molar-refractivity contribution in [2.24, 2.45) is 0 Å². The van der Waals surface area contributed by atoms with Gasteiger partial charge in [-0.3, -0.25) is 10.1 Å². The maximum Gasteiger partial charge on any atom is 0.345 e. The molecule has 0 aliphatic rings. The molecule has 0 atom stereocenters. The Balaban J connectivity index is 1.84. The van der Waals surface area contributed by atoms with Crippen molar-refractivity contribution in [2.45, 2.75) is 13.2 Å². The number of ether oxygens (including phenoxy) is 2. The number of rotatable bonds is 7. The highest BCUT2D eigenvalue weighted by molar-refractivity contribution is 5.95. The molecule has 0 aliphatic heterocycles. The second kappa shape index (κ2) is 8.77. The number of nitro benzene ring substituents is 1. The lowest BCUT2D eigenvalue weighted by Crippen LogP contribution is -2.10. The maximum absolute atomic E-state index is 14.0. The molecule has 0 heterocycles. The summed E-state index contributed by atoms with van der Waals surface area (Å²) < 4.78 is 24.6. The van der Waals surface area contributed by atoms with Gasteiger partial charge >= 0.3 is 11.7 Å². The fourth-order valence-electron chi connectivity index (χ4n) is 2.56. The number of halogens is 1. The number of carbonyl (C=O) groups is 1. The van der Waals surface area contributed by atoms with Gasteiger partial charge in [0.1, 0.15) is 24.6 Å². The van der Waals surface area contributed by atoms with E-state index in [0.29, 0.717) is 5.56 Å². The zero-order valence-electron chi connectivity index (χ0n) is 14.7.